The van der Waals surface area contributed by atoms with Crippen molar-refractivity contribution in [1.29, 1.82) is 0 Å². The SMILES string of the molecule is Cc1cc(C(=O)NNC(=NCc2ccccc2)c2cc(C)on2)no1. The van der Waals surface area contributed by atoms with E-state index in [1.807, 2.05) is 30.3 Å². The number of nitrogens with one attached hydrogen (secondary N) is 2. The molecular weight excluding hydrogens is 322 g/mol. The summed E-state index contributed by atoms with van der Waals surface area (Å²) < 4.78 is 9.97. The Bertz CT molecular complexity index is 883. The molecule has 1 amide bonds. The van der Waals surface area contributed by atoms with Crippen LogP contribution in [-0.4, -0.2) is 22.1 Å². The van der Waals surface area contributed by atoms with Crippen molar-refractivity contribution in [2.45, 2.75) is 20.4 Å². The number of amides is 1. The van der Waals surface area contributed by atoms with Gasteiger partial charge in [-0.3, -0.25) is 20.6 Å². The summed E-state index contributed by atoms with van der Waals surface area (Å²) in [5.41, 5.74) is 7.00. The fraction of sp³-hybridized carbons (Fsp3) is 0.176. The maximum atomic E-state index is 12.1. The molecule has 8 nitrogen and oxygen atoms in total. The van der Waals surface area contributed by atoms with Crippen LogP contribution in [0.2, 0.25) is 0 Å². The average molecular weight is 339 g/mol. The topological polar surface area (TPSA) is 106 Å². The highest BCUT2D eigenvalue weighted by Crippen LogP contribution is 2.06. The Morgan fingerprint density at radius 1 is 1.00 bits per heavy atom. The van der Waals surface area contributed by atoms with E-state index in [1.165, 1.54) is 6.07 Å². The number of amidine groups is 1. The van der Waals surface area contributed by atoms with Crippen LogP contribution in [-0.2, 0) is 6.54 Å². The van der Waals surface area contributed by atoms with E-state index >= 15 is 0 Å². The Balaban J connectivity index is 1.73. The van der Waals surface area contributed by atoms with Crippen molar-refractivity contribution in [3.63, 3.8) is 0 Å². The molecule has 0 aliphatic carbocycles. The number of nitrogens with zero attached hydrogens (tertiary/aromatic N) is 3. The van der Waals surface area contributed by atoms with Gasteiger partial charge in [0.2, 0.25) is 0 Å². The van der Waals surface area contributed by atoms with Crippen molar-refractivity contribution >= 4 is 11.7 Å². The minimum Gasteiger partial charge on any atom is -0.361 e. The molecule has 0 saturated heterocycles. The van der Waals surface area contributed by atoms with Gasteiger partial charge in [0.15, 0.2) is 11.5 Å². The van der Waals surface area contributed by atoms with Crippen LogP contribution in [0.3, 0.4) is 0 Å². The molecule has 2 N–H and O–H groups in total. The van der Waals surface area contributed by atoms with Crippen LogP contribution in [0.1, 0.15) is 33.3 Å². The summed E-state index contributed by atoms with van der Waals surface area (Å²) in [6.45, 7) is 3.91. The van der Waals surface area contributed by atoms with Gasteiger partial charge in [0.25, 0.3) is 5.91 Å². The zero-order chi connectivity index (χ0) is 17.6. The molecule has 0 radical (unpaired) electrons. The Hall–Kier alpha value is -3.42. The lowest BCUT2D eigenvalue weighted by molar-refractivity contribution is 0.0934. The monoisotopic (exact) mass is 339 g/mol. The van der Waals surface area contributed by atoms with Crippen LogP contribution in [0.5, 0.6) is 0 Å². The minimum absolute atomic E-state index is 0.170. The summed E-state index contributed by atoms with van der Waals surface area (Å²) in [5.74, 6) is 1.14. The van der Waals surface area contributed by atoms with Gasteiger partial charge in [-0.1, -0.05) is 40.6 Å². The zero-order valence-electron chi connectivity index (χ0n) is 13.8. The summed E-state index contributed by atoms with van der Waals surface area (Å²) in [7, 11) is 0. The van der Waals surface area contributed by atoms with Crippen LogP contribution in [0.15, 0.2) is 56.5 Å². The van der Waals surface area contributed by atoms with Crippen molar-refractivity contribution in [3.8, 4) is 0 Å². The number of benzene rings is 1. The maximum Gasteiger partial charge on any atom is 0.291 e. The number of carbonyl (C=O) groups excluding carboxylic acids is 1. The van der Waals surface area contributed by atoms with E-state index in [0.29, 0.717) is 29.6 Å². The van der Waals surface area contributed by atoms with Gasteiger partial charge >= 0.3 is 0 Å². The summed E-state index contributed by atoms with van der Waals surface area (Å²) in [5, 5.41) is 7.59. The van der Waals surface area contributed by atoms with Gasteiger partial charge in [-0.05, 0) is 19.4 Å². The van der Waals surface area contributed by atoms with Crippen LogP contribution in [0.4, 0.5) is 0 Å². The molecule has 2 aromatic heterocycles. The minimum atomic E-state index is -0.440. The first-order chi connectivity index (χ1) is 12.1. The molecule has 3 aromatic rings. The van der Waals surface area contributed by atoms with Gasteiger partial charge in [-0.25, -0.2) is 0 Å². The Labute approximate surface area is 143 Å². The highest BCUT2D eigenvalue weighted by Gasteiger charge is 2.14. The molecule has 128 valence electrons. The highest BCUT2D eigenvalue weighted by molar-refractivity contribution is 6.00. The smallest absolute Gasteiger partial charge is 0.291 e. The van der Waals surface area contributed by atoms with Crippen molar-refractivity contribution in [3.05, 3.63) is 70.9 Å². The molecule has 25 heavy (non-hydrogen) atoms. The fourth-order valence-corrected chi connectivity index (χ4v) is 2.07. The molecule has 0 atom stereocenters. The molecule has 0 fully saturated rings. The molecule has 0 aliphatic heterocycles. The van der Waals surface area contributed by atoms with E-state index in [9.17, 15) is 4.79 Å². The number of aromatic nitrogens is 2. The number of aliphatic imine (C=N–C) groups is 1. The molecule has 0 bridgehead atoms. The number of hydrogen-bond acceptors (Lipinski definition) is 6. The van der Waals surface area contributed by atoms with E-state index in [0.717, 1.165) is 5.56 Å². The number of rotatable bonds is 4. The first-order valence-electron chi connectivity index (χ1n) is 7.63. The lowest BCUT2D eigenvalue weighted by Gasteiger charge is -2.08. The molecule has 0 unspecified atom stereocenters. The maximum absolute atomic E-state index is 12.1. The van der Waals surface area contributed by atoms with E-state index in [2.05, 4.69) is 26.2 Å². The highest BCUT2D eigenvalue weighted by atomic mass is 16.5. The third-order valence-corrected chi connectivity index (χ3v) is 3.29. The molecule has 0 saturated carbocycles. The first-order valence-corrected chi connectivity index (χ1v) is 7.63. The Morgan fingerprint density at radius 2 is 1.64 bits per heavy atom. The van der Waals surface area contributed by atoms with Gasteiger partial charge in [0.1, 0.15) is 17.2 Å². The molecule has 0 aliphatic rings. The molecular formula is C17H17N5O3. The van der Waals surface area contributed by atoms with Crippen molar-refractivity contribution in [2.75, 3.05) is 0 Å². The van der Waals surface area contributed by atoms with Crippen molar-refractivity contribution in [1.82, 2.24) is 21.2 Å². The average Bonchev–Trinajstić information content (AvgIpc) is 3.24. The molecule has 3 rings (SSSR count). The number of aryl methyl sites for hydroxylation is 2. The second-order valence-corrected chi connectivity index (χ2v) is 5.38. The van der Waals surface area contributed by atoms with Crippen molar-refractivity contribution in [2.24, 2.45) is 4.99 Å². The van der Waals surface area contributed by atoms with Crippen LogP contribution in [0.25, 0.3) is 0 Å². The fourth-order valence-electron chi connectivity index (χ4n) is 2.07. The summed E-state index contributed by atoms with van der Waals surface area (Å²) in [6.07, 6.45) is 0. The predicted molar refractivity (Wildman–Crippen MR) is 89.8 cm³/mol. The molecule has 2 heterocycles. The molecule has 1 aromatic carbocycles. The van der Waals surface area contributed by atoms with Crippen LogP contribution < -0.4 is 10.9 Å². The Morgan fingerprint density at radius 3 is 2.24 bits per heavy atom. The number of hydrazine groups is 1. The lowest BCUT2D eigenvalue weighted by Crippen LogP contribution is -2.42. The molecule has 8 heteroatoms. The van der Waals surface area contributed by atoms with Gasteiger partial charge in [-0.15, -0.1) is 0 Å². The summed E-state index contributed by atoms with van der Waals surface area (Å²) >= 11 is 0. The third kappa shape index (κ3) is 4.31. The quantitative estimate of drug-likeness (QED) is 0.429. The van der Waals surface area contributed by atoms with E-state index in [4.69, 9.17) is 9.05 Å². The summed E-state index contributed by atoms with van der Waals surface area (Å²) in [4.78, 5) is 16.6. The lowest BCUT2D eigenvalue weighted by atomic mass is 10.2. The third-order valence-electron chi connectivity index (χ3n) is 3.29. The molecule has 0 spiro atoms. The van der Waals surface area contributed by atoms with Gasteiger partial charge in [0.05, 0.1) is 6.54 Å². The van der Waals surface area contributed by atoms with Crippen LogP contribution in [0, 0.1) is 13.8 Å². The number of hydrogen-bond donors (Lipinski definition) is 2. The van der Waals surface area contributed by atoms with Gasteiger partial charge in [-0.2, -0.15) is 0 Å². The van der Waals surface area contributed by atoms with E-state index in [1.54, 1.807) is 19.9 Å². The number of carbonyl (C=O) groups is 1. The van der Waals surface area contributed by atoms with Crippen LogP contribution >= 0.6 is 0 Å². The second-order valence-electron chi connectivity index (χ2n) is 5.38. The Kier molecular flexibility index (Phi) is 4.89. The van der Waals surface area contributed by atoms with Gasteiger partial charge in [0, 0.05) is 12.1 Å². The van der Waals surface area contributed by atoms with E-state index < -0.39 is 5.91 Å². The summed E-state index contributed by atoms with van der Waals surface area (Å²) in [6, 6.07) is 13.0. The first kappa shape index (κ1) is 16.4. The largest absolute Gasteiger partial charge is 0.361 e. The normalized spacial score (nSPS) is 11.4. The predicted octanol–water partition coefficient (Wildman–Crippen LogP) is 2.16. The van der Waals surface area contributed by atoms with Crippen molar-refractivity contribution < 1.29 is 13.8 Å². The van der Waals surface area contributed by atoms with E-state index in [-0.39, 0.29) is 5.69 Å². The second kappa shape index (κ2) is 7.43. The standard InChI is InChI=1S/C17H17N5O3/c1-11-8-14(21-24-11)16(18-10-13-6-4-3-5-7-13)19-20-17(23)15-9-12(2)25-22-15/h3-9H,10H2,1-2H3,(H,18,19)(H,20,23). The zero-order valence-corrected chi connectivity index (χ0v) is 13.8. The van der Waals surface area contributed by atoms with Gasteiger partial charge < -0.3 is 9.05 Å².